The van der Waals surface area contributed by atoms with E-state index in [1.807, 2.05) is 54.0 Å². The zero-order valence-electron chi connectivity index (χ0n) is 15.2. The van der Waals surface area contributed by atoms with Gasteiger partial charge in [-0.1, -0.05) is 6.07 Å². The van der Waals surface area contributed by atoms with Crippen LogP contribution < -0.4 is 0 Å². The molecule has 4 rings (SSSR count). The van der Waals surface area contributed by atoms with E-state index < -0.39 is 0 Å². The average Bonchev–Trinajstić information content (AvgIpc) is 3.18. The van der Waals surface area contributed by atoms with Crippen molar-refractivity contribution in [2.75, 3.05) is 13.1 Å². The number of hydrogen-bond acceptors (Lipinski definition) is 4. The molecule has 1 fully saturated rings. The monoisotopic (exact) mass is 361 g/mol. The number of nitrogens with zero attached hydrogens (tertiary/aromatic N) is 5. The summed E-state index contributed by atoms with van der Waals surface area (Å²) >= 11 is 0. The molecular formula is C21H23N5O. The van der Waals surface area contributed by atoms with Crippen LogP contribution in [0.2, 0.25) is 0 Å². The van der Waals surface area contributed by atoms with Crippen molar-refractivity contribution in [1.29, 1.82) is 0 Å². The van der Waals surface area contributed by atoms with Crippen LogP contribution in [0.5, 0.6) is 0 Å². The molecule has 0 spiro atoms. The van der Waals surface area contributed by atoms with Crippen molar-refractivity contribution in [1.82, 2.24) is 24.4 Å². The second-order valence-corrected chi connectivity index (χ2v) is 6.99. The molecule has 3 aromatic rings. The lowest BCUT2D eigenvalue weighted by Crippen LogP contribution is -2.40. The van der Waals surface area contributed by atoms with Crippen molar-refractivity contribution in [2.45, 2.75) is 31.7 Å². The van der Waals surface area contributed by atoms with Crippen molar-refractivity contribution in [3.05, 3.63) is 78.4 Å². The Bertz CT molecular complexity index is 878. The van der Waals surface area contributed by atoms with Crippen molar-refractivity contribution >= 4 is 5.91 Å². The van der Waals surface area contributed by atoms with E-state index in [2.05, 4.69) is 19.5 Å². The number of aromatic nitrogens is 4. The Morgan fingerprint density at radius 3 is 2.78 bits per heavy atom. The van der Waals surface area contributed by atoms with Gasteiger partial charge in [0.25, 0.3) is 0 Å². The van der Waals surface area contributed by atoms with Gasteiger partial charge in [-0.2, -0.15) is 0 Å². The minimum atomic E-state index is 0.167. The van der Waals surface area contributed by atoms with E-state index in [4.69, 9.17) is 0 Å². The maximum absolute atomic E-state index is 12.7. The third-order valence-corrected chi connectivity index (χ3v) is 5.07. The highest BCUT2D eigenvalue weighted by Crippen LogP contribution is 2.26. The number of hydrogen-bond donors (Lipinski definition) is 0. The van der Waals surface area contributed by atoms with Crippen LogP contribution in [0.15, 0.2) is 61.4 Å². The Balaban J connectivity index is 1.44. The maximum Gasteiger partial charge on any atom is 0.227 e. The molecule has 0 radical (unpaired) electrons. The summed E-state index contributed by atoms with van der Waals surface area (Å²) in [6.07, 6.45) is 13.5. The topological polar surface area (TPSA) is 63.9 Å². The van der Waals surface area contributed by atoms with Gasteiger partial charge in [0.15, 0.2) is 0 Å². The number of likely N-dealkylation sites (tertiary alicyclic amines) is 1. The van der Waals surface area contributed by atoms with Crippen LogP contribution >= 0.6 is 0 Å². The van der Waals surface area contributed by atoms with E-state index in [1.165, 1.54) is 5.56 Å². The number of pyridine rings is 2. The molecule has 1 saturated heterocycles. The number of rotatable bonds is 5. The highest BCUT2D eigenvalue weighted by atomic mass is 16.2. The number of carbonyl (C=O) groups is 1. The lowest BCUT2D eigenvalue weighted by molar-refractivity contribution is -0.131. The quantitative estimate of drug-likeness (QED) is 0.701. The van der Waals surface area contributed by atoms with Crippen LogP contribution in [0, 0.1) is 0 Å². The number of piperidine rings is 1. The minimum Gasteiger partial charge on any atom is -0.342 e. The molecule has 0 aliphatic carbocycles. The fourth-order valence-electron chi connectivity index (χ4n) is 3.70. The largest absolute Gasteiger partial charge is 0.342 e. The number of amides is 1. The third-order valence-electron chi connectivity index (χ3n) is 5.07. The van der Waals surface area contributed by atoms with Gasteiger partial charge in [-0.25, -0.2) is 4.98 Å². The molecule has 0 unspecified atom stereocenters. The predicted molar refractivity (Wildman–Crippen MR) is 102 cm³/mol. The van der Waals surface area contributed by atoms with Gasteiger partial charge >= 0.3 is 0 Å². The fourth-order valence-corrected chi connectivity index (χ4v) is 3.70. The molecule has 1 amide bonds. The number of imidazole rings is 1. The molecule has 3 aromatic heterocycles. The van der Waals surface area contributed by atoms with Crippen LogP contribution in [0.1, 0.15) is 35.7 Å². The third kappa shape index (κ3) is 4.22. The Morgan fingerprint density at radius 1 is 1.07 bits per heavy atom. The molecule has 1 atom stereocenters. The highest BCUT2D eigenvalue weighted by Gasteiger charge is 2.27. The first-order valence-electron chi connectivity index (χ1n) is 9.36. The van der Waals surface area contributed by atoms with E-state index in [9.17, 15) is 4.79 Å². The summed E-state index contributed by atoms with van der Waals surface area (Å²) in [6, 6.07) is 7.87. The second-order valence-electron chi connectivity index (χ2n) is 6.99. The molecule has 0 saturated carbocycles. The first-order chi connectivity index (χ1) is 13.3. The van der Waals surface area contributed by atoms with Crippen molar-refractivity contribution in [2.24, 2.45) is 0 Å². The van der Waals surface area contributed by atoms with Gasteiger partial charge < -0.3 is 9.47 Å². The highest BCUT2D eigenvalue weighted by molar-refractivity contribution is 5.78. The van der Waals surface area contributed by atoms with E-state index in [1.54, 1.807) is 12.4 Å². The van der Waals surface area contributed by atoms with Gasteiger partial charge in [-0.05, 0) is 42.2 Å². The molecular weight excluding hydrogens is 338 g/mol. The average molecular weight is 361 g/mol. The molecule has 138 valence electrons. The van der Waals surface area contributed by atoms with Gasteiger partial charge in [0.1, 0.15) is 5.82 Å². The SMILES string of the molecule is O=C(Cc1cccnc1)N1CCC[C@H](c2nccn2Cc2ccncc2)C1. The van der Waals surface area contributed by atoms with Crippen molar-refractivity contribution in [3.63, 3.8) is 0 Å². The van der Waals surface area contributed by atoms with Crippen LogP contribution in [-0.4, -0.2) is 43.4 Å². The summed E-state index contributed by atoms with van der Waals surface area (Å²) in [7, 11) is 0. The van der Waals surface area contributed by atoms with Gasteiger partial charge in [-0.3, -0.25) is 14.8 Å². The predicted octanol–water partition coefficient (Wildman–Crippen LogP) is 2.67. The van der Waals surface area contributed by atoms with Gasteiger partial charge in [0.05, 0.1) is 6.42 Å². The molecule has 0 aromatic carbocycles. The Morgan fingerprint density at radius 2 is 1.96 bits per heavy atom. The zero-order valence-corrected chi connectivity index (χ0v) is 15.2. The molecule has 0 N–H and O–H groups in total. The molecule has 27 heavy (non-hydrogen) atoms. The first-order valence-corrected chi connectivity index (χ1v) is 9.36. The maximum atomic E-state index is 12.7. The Kier molecular flexibility index (Phi) is 5.23. The lowest BCUT2D eigenvalue weighted by Gasteiger charge is -2.33. The standard InChI is InChI=1S/C21H23N5O/c27-20(13-18-3-1-7-23-14-18)25-11-2-4-19(16-25)21-24-10-12-26(21)15-17-5-8-22-9-6-17/h1,3,5-10,12,14,19H,2,4,11,13,15-16H2/t19-/m0/s1. The van der Waals surface area contributed by atoms with Gasteiger partial charge in [0, 0.05) is 62.7 Å². The summed E-state index contributed by atoms with van der Waals surface area (Å²) in [4.78, 5) is 27.5. The smallest absolute Gasteiger partial charge is 0.227 e. The number of carbonyl (C=O) groups excluding carboxylic acids is 1. The molecule has 1 aliphatic heterocycles. The molecule has 4 heterocycles. The summed E-state index contributed by atoms with van der Waals surface area (Å²) in [5.41, 5.74) is 2.16. The molecule has 6 heteroatoms. The molecule has 0 bridgehead atoms. The van der Waals surface area contributed by atoms with E-state index in [-0.39, 0.29) is 11.8 Å². The summed E-state index contributed by atoms with van der Waals surface area (Å²) in [6.45, 7) is 2.32. The molecule has 1 aliphatic rings. The zero-order chi connectivity index (χ0) is 18.5. The van der Waals surface area contributed by atoms with Crippen LogP contribution in [0.4, 0.5) is 0 Å². The van der Waals surface area contributed by atoms with E-state index >= 15 is 0 Å². The van der Waals surface area contributed by atoms with Crippen molar-refractivity contribution in [3.8, 4) is 0 Å². The molecule has 6 nitrogen and oxygen atoms in total. The minimum absolute atomic E-state index is 0.167. The normalized spacial score (nSPS) is 17.0. The Hall–Kier alpha value is -3.02. The van der Waals surface area contributed by atoms with Crippen LogP contribution in [-0.2, 0) is 17.8 Å². The van der Waals surface area contributed by atoms with E-state index in [0.717, 1.165) is 43.9 Å². The van der Waals surface area contributed by atoms with Gasteiger partial charge in [-0.15, -0.1) is 0 Å². The Labute approximate surface area is 158 Å². The van der Waals surface area contributed by atoms with E-state index in [0.29, 0.717) is 6.42 Å². The van der Waals surface area contributed by atoms with Crippen molar-refractivity contribution < 1.29 is 4.79 Å². The van der Waals surface area contributed by atoms with Crippen LogP contribution in [0.3, 0.4) is 0 Å². The lowest BCUT2D eigenvalue weighted by atomic mass is 9.96. The summed E-state index contributed by atoms with van der Waals surface area (Å²) in [5.74, 6) is 1.50. The van der Waals surface area contributed by atoms with Gasteiger partial charge in [0.2, 0.25) is 5.91 Å². The second kappa shape index (κ2) is 8.12. The summed E-state index contributed by atoms with van der Waals surface area (Å²) < 4.78 is 2.19. The van der Waals surface area contributed by atoms with Crippen LogP contribution in [0.25, 0.3) is 0 Å². The summed E-state index contributed by atoms with van der Waals surface area (Å²) in [5, 5.41) is 0. The fraction of sp³-hybridized carbons (Fsp3) is 0.333. The first kappa shape index (κ1) is 17.4.